The van der Waals surface area contributed by atoms with E-state index in [1.807, 2.05) is 13.8 Å². The van der Waals surface area contributed by atoms with Gasteiger partial charge >= 0.3 is 0 Å². The van der Waals surface area contributed by atoms with E-state index in [1.165, 1.54) is 24.3 Å². The summed E-state index contributed by atoms with van der Waals surface area (Å²) in [6.07, 6.45) is -3.14. The molecule has 0 N–H and O–H groups in total. The quantitative estimate of drug-likeness (QED) is 0.483. The second-order valence-electron chi connectivity index (χ2n) is 8.01. The van der Waals surface area contributed by atoms with Crippen molar-refractivity contribution in [3.63, 3.8) is 0 Å². The molecule has 2 aromatic carbocycles. The first-order valence-corrected chi connectivity index (χ1v) is 13.4. The van der Waals surface area contributed by atoms with E-state index in [0.29, 0.717) is 0 Å². The van der Waals surface area contributed by atoms with Crippen molar-refractivity contribution in [1.82, 2.24) is 0 Å². The molecule has 2 aliphatic rings. The monoisotopic (exact) mass is 514 g/mol. The lowest BCUT2D eigenvalue weighted by Crippen LogP contribution is -2.45. The molecule has 34 heavy (non-hydrogen) atoms. The summed E-state index contributed by atoms with van der Waals surface area (Å²) in [7, 11) is -8.03. The van der Waals surface area contributed by atoms with Gasteiger partial charge in [-0.05, 0) is 38.1 Å². The van der Waals surface area contributed by atoms with Gasteiger partial charge in [0.05, 0.1) is 23.0 Å². The van der Waals surface area contributed by atoms with E-state index >= 15 is 0 Å². The predicted molar refractivity (Wildman–Crippen MR) is 118 cm³/mol. The average molecular weight is 515 g/mol. The van der Waals surface area contributed by atoms with E-state index in [4.69, 9.17) is 27.3 Å². The Morgan fingerprint density at radius 1 is 0.647 bits per heavy atom. The molecule has 0 radical (unpaired) electrons. The second kappa shape index (κ2) is 10.4. The highest BCUT2D eigenvalue weighted by atomic mass is 32.2. The summed E-state index contributed by atoms with van der Waals surface area (Å²) in [5.74, 6) is 0. The number of benzene rings is 2. The number of fused-ring (bicyclic) bond motifs is 1. The van der Waals surface area contributed by atoms with E-state index < -0.39 is 44.7 Å². The maximum Gasteiger partial charge on any atom is 0.297 e. The van der Waals surface area contributed by atoms with E-state index in [-0.39, 0.29) is 36.6 Å². The van der Waals surface area contributed by atoms with Gasteiger partial charge in [0.25, 0.3) is 20.2 Å². The van der Waals surface area contributed by atoms with Crippen LogP contribution < -0.4 is 0 Å². The van der Waals surface area contributed by atoms with Crippen LogP contribution in [0.1, 0.15) is 11.1 Å². The van der Waals surface area contributed by atoms with Gasteiger partial charge in [-0.3, -0.25) is 8.37 Å². The average Bonchev–Trinajstić information content (AvgIpc) is 3.22. The van der Waals surface area contributed by atoms with Crippen molar-refractivity contribution in [1.29, 1.82) is 0 Å². The first-order valence-electron chi connectivity index (χ1n) is 10.5. The van der Waals surface area contributed by atoms with Crippen molar-refractivity contribution >= 4 is 20.2 Å². The molecular weight excluding hydrogens is 488 g/mol. The molecule has 0 saturated carbocycles. The Balaban J connectivity index is 1.39. The molecule has 2 heterocycles. The van der Waals surface area contributed by atoms with E-state index in [1.54, 1.807) is 24.3 Å². The van der Waals surface area contributed by atoms with Crippen LogP contribution in [0.3, 0.4) is 0 Å². The maximum absolute atomic E-state index is 12.5. The zero-order valence-electron chi connectivity index (χ0n) is 18.7. The van der Waals surface area contributed by atoms with Crippen molar-refractivity contribution in [2.75, 3.05) is 26.8 Å². The summed E-state index contributed by atoms with van der Waals surface area (Å²) >= 11 is 0. The molecule has 12 heteroatoms. The molecule has 2 aromatic rings. The van der Waals surface area contributed by atoms with Crippen LogP contribution in [-0.4, -0.2) is 68.1 Å². The van der Waals surface area contributed by atoms with Crippen LogP contribution in [-0.2, 0) is 47.5 Å². The third-order valence-corrected chi connectivity index (χ3v) is 8.13. The third kappa shape index (κ3) is 5.83. The van der Waals surface area contributed by atoms with Crippen LogP contribution in [0.25, 0.3) is 0 Å². The molecule has 0 aromatic heterocycles. The molecule has 4 atom stereocenters. The highest BCUT2D eigenvalue weighted by molar-refractivity contribution is 7.87. The number of hydrogen-bond acceptors (Lipinski definition) is 10. The van der Waals surface area contributed by atoms with Crippen molar-refractivity contribution in [3.8, 4) is 0 Å². The lowest BCUT2D eigenvalue weighted by molar-refractivity contribution is -0.142. The Hall–Kier alpha value is -1.90. The van der Waals surface area contributed by atoms with Gasteiger partial charge in [0.1, 0.15) is 38.0 Å². The number of ether oxygens (including phenoxy) is 4. The molecule has 186 valence electrons. The summed E-state index contributed by atoms with van der Waals surface area (Å²) in [5.41, 5.74) is 1.83. The Bertz CT molecular complexity index is 1080. The minimum atomic E-state index is -4.02. The van der Waals surface area contributed by atoms with Crippen LogP contribution >= 0.6 is 0 Å². The molecule has 10 nitrogen and oxygen atoms in total. The fourth-order valence-electron chi connectivity index (χ4n) is 3.57. The van der Waals surface area contributed by atoms with Crippen molar-refractivity contribution in [2.45, 2.75) is 48.1 Å². The molecule has 2 fully saturated rings. The topological polar surface area (TPSA) is 124 Å². The smallest absolute Gasteiger partial charge is 0.297 e. The summed E-state index contributed by atoms with van der Waals surface area (Å²) in [4.78, 5) is 0.0476. The number of hydrogen-bond donors (Lipinski definition) is 0. The van der Waals surface area contributed by atoms with Gasteiger partial charge in [-0.1, -0.05) is 35.4 Å². The second-order valence-corrected chi connectivity index (χ2v) is 11.2. The van der Waals surface area contributed by atoms with Gasteiger partial charge in [-0.15, -0.1) is 0 Å². The Morgan fingerprint density at radius 3 is 1.38 bits per heavy atom. The molecule has 4 rings (SSSR count). The van der Waals surface area contributed by atoms with E-state index in [0.717, 1.165) is 11.1 Å². The van der Waals surface area contributed by atoms with Crippen molar-refractivity contribution < 1.29 is 44.1 Å². The SMILES string of the molecule is Cc1ccc(S(=O)(=O)OC[C@@H]2OCO[C@H](COS(=O)(=O)c3ccc(C)cc3)[C@@H]3OCO[C@@H]32)cc1. The number of rotatable bonds is 8. The van der Waals surface area contributed by atoms with Gasteiger partial charge in [0, 0.05) is 0 Å². The molecule has 2 aliphatic heterocycles. The van der Waals surface area contributed by atoms with Gasteiger partial charge in [0.15, 0.2) is 0 Å². The van der Waals surface area contributed by atoms with Gasteiger partial charge in [-0.25, -0.2) is 0 Å². The summed E-state index contributed by atoms with van der Waals surface area (Å²) in [6.45, 7) is 2.68. The Morgan fingerprint density at radius 2 is 1.00 bits per heavy atom. The molecule has 0 unspecified atom stereocenters. The zero-order chi connectivity index (χ0) is 24.3. The van der Waals surface area contributed by atoms with Crippen LogP contribution in [0.2, 0.25) is 0 Å². The molecule has 0 bridgehead atoms. The van der Waals surface area contributed by atoms with Crippen LogP contribution in [0.5, 0.6) is 0 Å². The molecule has 2 saturated heterocycles. The standard InChI is InChI=1S/C22H26O10S2/c1-15-3-7-17(8-4-15)33(23,24)31-11-19-21-22(30-14-29-21)20(28-13-27-19)12-32-34(25,26)18-9-5-16(2)6-10-18/h3-10,19-22H,11-14H2,1-2H3/t19-,20+,21+,22-. The summed E-state index contributed by atoms with van der Waals surface area (Å²) in [5, 5.41) is 0. The minimum absolute atomic E-state index is 0.0238. The van der Waals surface area contributed by atoms with Crippen molar-refractivity contribution in [3.05, 3.63) is 59.7 Å². The largest absolute Gasteiger partial charge is 0.347 e. The normalized spacial score (nSPS) is 25.6. The highest BCUT2D eigenvalue weighted by Gasteiger charge is 2.45. The summed E-state index contributed by atoms with van der Waals surface area (Å²) < 4.78 is 82.9. The first-order chi connectivity index (χ1) is 16.2. The van der Waals surface area contributed by atoms with Crippen LogP contribution in [0.15, 0.2) is 58.3 Å². The highest BCUT2D eigenvalue weighted by Crippen LogP contribution is 2.28. The van der Waals surface area contributed by atoms with Crippen molar-refractivity contribution in [2.24, 2.45) is 0 Å². The lowest BCUT2D eigenvalue weighted by atomic mass is 10.0. The molecule has 0 aliphatic carbocycles. The summed E-state index contributed by atoms with van der Waals surface area (Å²) in [6, 6.07) is 12.5. The van der Waals surface area contributed by atoms with Crippen LogP contribution in [0.4, 0.5) is 0 Å². The molecular formula is C22H26O10S2. The van der Waals surface area contributed by atoms with Gasteiger partial charge in [-0.2, -0.15) is 16.8 Å². The Labute approximate surface area is 198 Å². The first kappa shape index (κ1) is 25.2. The lowest BCUT2D eigenvalue weighted by Gasteiger charge is -2.25. The number of aryl methyl sites for hydroxylation is 2. The van der Waals surface area contributed by atoms with E-state index in [9.17, 15) is 16.8 Å². The maximum atomic E-state index is 12.5. The molecule has 0 amide bonds. The predicted octanol–water partition coefficient (Wildman–Crippen LogP) is 1.90. The molecule has 0 spiro atoms. The van der Waals surface area contributed by atoms with Gasteiger partial charge in [0.2, 0.25) is 0 Å². The fraction of sp³-hybridized carbons (Fsp3) is 0.455. The van der Waals surface area contributed by atoms with Gasteiger partial charge < -0.3 is 18.9 Å². The Kier molecular flexibility index (Phi) is 7.69. The van der Waals surface area contributed by atoms with Crippen LogP contribution in [0, 0.1) is 13.8 Å². The fourth-order valence-corrected chi connectivity index (χ4v) is 5.41. The minimum Gasteiger partial charge on any atom is -0.347 e. The third-order valence-electron chi connectivity index (χ3n) is 5.54. The van der Waals surface area contributed by atoms with E-state index in [2.05, 4.69) is 0 Å². The zero-order valence-corrected chi connectivity index (χ0v) is 20.3.